The van der Waals surface area contributed by atoms with Crippen LogP contribution < -0.4 is 0 Å². The van der Waals surface area contributed by atoms with E-state index in [1.54, 1.807) is 5.56 Å². The molecular weight excluding hydrogens is 432 g/mol. The second-order valence-corrected chi connectivity index (χ2v) is 10.1. The summed E-state index contributed by atoms with van der Waals surface area (Å²) in [6, 6.07) is 18.4. The average molecular weight is 491 g/mol. The van der Waals surface area contributed by atoms with Gasteiger partial charge < -0.3 is 0 Å². The van der Waals surface area contributed by atoms with E-state index in [4.69, 9.17) is 0 Å². The highest BCUT2D eigenvalue weighted by Gasteiger charge is 2.62. The summed E-state index contributed by atoms with van der Waals surface area (Å²) in [5, 5.41) is 0. The van der Waals surface area contributed by atoms with E-state index >= 15 is 0 Å². The number of hydrogen-bond acceptors (Lipinski definition) is 0. The van der Waals surface area contributed by atoms with Crippen molar-refractivity contribution < 1.29 is 0 Å². The van der Waals surface area contributed by atoms with Crippen LogP contribution in [0.2, 0.25) is 0 Å². The standard InChI is InChI=1S/C31H42.2C2H6.CH4/c1-8-25(9-2)19-28(24(6)26-15-13-12-14-16-26)20-27-21-29(18-17-23(27)5)30(7)22-31(30,10-3)11-4;2*1-2;/h8-9,12-18,21,24,28H,1,10-11,19-20,22H2,2-7H3;2*1-2H3;1H4/b25-9-;;;. The minimum Gasteiger partial charge on any atom is -0.0988 e. The molecule has 0 radical (unpaired) electrons. The Hall–Kier alpha value is -2.08. The molecule has 0 aliphatic heterocycles. The molecule has 0 N–H and O–H groups in total. The highest BCUT2D eigenvalue weighted by Crippen LogP contribution is 2.68. The predicted octanol–water partition coefficient (Wildman–Crippen LogP) is 11.6. The minimum absolute atomic E-state index is 0. The zero-order valence-corrected chi connectivity index (χ0v) is 24.7. The Labute approximate surface area is 226 Å². The fraction of sp³-hybridized carbons (Fsp3) is 0.556. The molecule has 0 heteroatoms. The molecule has 1 saturated carbocycles. The molecule has 2 aromatic rings. The number of aryl methyl sites for hydroxylation is 1. The van der Waals surface area contributed by atoms with Crippen LogP contribution in [0.1, 0.15) is 124 Å². The summed E-state index contributed by atoms with van der Waals surface area (Å²) in [4.78, 5) is 0. The first-order valence-electron chi connectivity index (χ1n) is 14.3. The van der Waals surface area contributed by atoms with Gasteiger partial charge in [-0.3, -0.25) is 0 Å². The molecular formula is C36H58. The maximum absolute atomic E-state index is 4.06. The van der Waals surface area contributed by atoms with Gasteiger partial charge in [-0.05, 0) is 90.9 Å². The van der Waals surface area contributed by atoms with Crippen molar-refractivity contribution in [3.63, 3.8) is 0 Å². The van der Waals surface area contributed by atoms with Gasteiger partial charge in [-0.1, -0.05) is 136 Å². The van der Waals surface area contributed by atoms with Crippen LogP contribution in [0.25, 0.3) is 0 Å². The van der Waals surface area contributed by atoms with Crippen molar-refractivity contribution in [2.45, 2.75) is 120 Å². The molecule has 1 aliphatic carbocycles. The summed E-state index contributed by atoms with van der Waals surface area (Å²) in [6.45, 7) is 26.1. The topological polar surface area (TPSA) is 0 Å². The third-order valence-corrected chi connectivity index (χ3v) is 8.72. The molecule has 0 aromatic heterocycles. The first-order valence-corrected chi connectivity index (χ1v) is 14.3. The van der Waals surface area contributed by atoms with Crippen LogP contribution >= 0.6 is 0 Å². The summed E-state index contributed by atoms with van der Waals surface area (Å²) in [5.74, 6) is 1.05. The molecule has 0 nitrogen and oxygen atoms in total. The SMILES string of the molecule is C.C=C/C(=C/C)CC(Cc1cc(C2(C)CC2(CC)CC)ccc1C)C(C)c1ccccc1.CC.CC. The molecule has 2 aromatic carbocycles. The van der Waals surface area contributed by atoms with Crippen molar-refractivity contribution in [2.24, 2.45) is 11.3 Å². The van der Waals surface area contributed by atoms with E-state index in [-0.39, 0.29) is 7.43 Å². The summed E-state index contributed by atoms with van der Waals surface area (Å²) in [5.41, 5.74) is 8.14. The van der Waals surface area contributed by atoms with E-state index in [1.807, 2.05) is 33.8 Å². The van der Waals surface area contributed by atoms with E-state index in [9.17, 15) is 0 Å². The van der Waals surface area contributed by atoms with Crippen LogP contribution in [-0.2, 0) is 11.8 Å². The van der Waals surface area contributed by atoms with Crippen LogP contribution in [0.5, 0.6) is 0 Å². The second kappa shape index (κ2) is 15.9. The molecule has 0 amide bonds. The quantitative estimate of drug-likeness (QED) is 0.290. The molecule has 36 heavy (non-hydrogen) atoms. The monoisotopic (exact) mass is 490 g/mol. The Morgan fingerprint density at radius 3 is 2.06 bits per heavy atom. The lowest BCUT2D eigenvalue weighted by atomic mass is 9.77. The van der Waals surface area contributed by atoms with Crippen molar-refractivity contribution in [3.8, 4) is 0 Å². The lowest BCUT2D eigenvalue weighted by molar-refractivity contribution is 0.401. The number of benzene rings is 2. The zero-order valence-electron chi connectivity index (χ0n) is 24.7. The molecule has 3 unspecified atom stereocenters. The normalized spacial score (nSPS) is 19.3. The third kappa shape index (κ3) is 7.47. The van der Waals surface area contributed by atoms with Crippen LogP contribution in [-0.4, -0.2) is 0 Å². The van der Waals surface area contributed by atoms with Gasteiger partial charge in [0, 0.05) is 0 Å². The Morgan fingerprint density at radius 1 is 1.00 bits per heavy atom. The Morgan fingerprint density at radius 2 is 1.58 bits per heavy atom. The van der Waals surface area contributed by atoms with Crippen LogP contribution in [0, 0.1) is 18.3 Å². The van der Waals surface area contributed by atoms with Gasteiger partial charge in [0.15, 0.2) is 0 Å². The van der Waals surface area contributed by atoms with Gasteiger partial charge >= 0.3 is 0 Å². The molecule has 3 atom stereocenters. The van der Waals surface area contributed by atoms with Crippen LogP contribution in [0.4, 0.5) is 0 Å². The van der Waals surface area contributed by atoms with Gasteiger partial charge in [0.25, 0.3) is 0 Å². The first-order chi connectivity index (χ1) is 16.8. The molecule has 0 spiro atoms. The fourth-order valence-electron chi connectivity index (χ4n) is 5.91. The zero-order chi connectivity index (χ0) is 26.6. The van der Waals surface area contributed by atoms with E-state index in [1.165, 1.54) is 41.5 Å². The van der Waals surface area contributed by atoms with E-state index in [0.717, 1.165) is 12.8 Å². The van der Waals surface area contributed by atoms with E-state index < -0.39 is 0 Å². The summed E-state index contributed by atoms with van der Waals surface area (Å²) in [7, 11) is 0. The first kappa shape index (κ1) is 33.9. The Bertz CT molecular complexity index is 912. The second-order valence-electron chi connectivity index (χ2n) is 10.1. The average Bonchev–Trinajstić information content (AvgIpc) is 3.55. The number of rotatable bonds is 10. The van der Waals surface area contributed by atoms with Crippen molar-refractivity contribution in [1.29, 1.82) is 0 Å². The lowest BCUT2D eigenvalue weighted by Gasteiger charge is -2.27. The maximum atomic E-state index is 4.06. The van der Waals surface area contributed by atoms with Crippen molar-refractivity contribution in [1.82, 2.24) is 0 Å². The van der Waals surface area contributed by atoms with Crippen LogP contribution in [0.3, 0.4) is 0 Å². The van der Waals surface area contributed by atoms with Crippen molar-refractivity contribution >= 4 is 0 Å². The van der Waals surface area contributed by atoms with Gasteiger partial charge in [0.2, 0.25) is 0 Å². The molecule has 1 fully saturated rings. The predicted molar refractivity (Wildman–Crippen MR) is 166 cm³/mol. The molecule has 0 saturated heterocycles. The highest BCUT2D eigenvalue weighted by atomic mass is 14.7. The van der Waals surface area contributed by atoms with Crippen molar-refractivity contribution in [2.75, 3.05) is 0 Å². The lowest BCUT2D eigenvalue weighted by Crippen LogP contribution is -2.17. The maximum Gasteiger partial charge on any atom is -0.00131 e. The molecule has 3 rings (SSSR count). The van der Waals surface area contributed by atoms with E-state index in [0.29, 0.717) is 22.7 Å². The van der Waals surface area contributed by atoms with Gasteiger partial charge in [0.05, 0.1) is 0 Å². The largest absolute Gasteiger partial charge is 0.0988 e. The number of hydrogen-bond donors (Lipinski definition) is 0. The van der Waals surface area contributed by atoms with E-state index in [2.05, 4.69) is 103 Å². The minimum atomic E-state index is 0. The highest BCUT2D eigenvalue weighted by molar-refractivity contribution is 5.42. The van der Waals surface area contributed by atoms with Crippen molar-refractivity contribution in [3.05, 3.63) is 95.1 Å². The van der Waals surface area contributed by atoms with Gasteiger partial charge in [-0.2, -0.15) is 0 Å². The van der Waals surface area contributed by atoms with Gasteiger partial charge in [-0.15, -0.1) is 0 Å². The molecule has 0 bridgehead atoms. The smallest absolute Gasteiger partial charge is 0.00131 e. The Balaban J connectivity index is 0.00000233. The number of allylic oxidation sites excluding steroid dienone is 3. The summed E-state index contributed by atoms with van der Waals surface area (Å²) in [6.07, 6.45) is 10.3. The summed E-state index contributed by atoms with van der Waals surface area (Å²) < 4.78 is 0. The molecule has 1 aliphatic rings. The Kier molecular flexibility index (Phi) is 15.0. The van der Waals surface area contributed by atoms with Gasteiger partial charge in [-0.25, -0.2) is 0 Å². The molecule has 202 valence electrons. The third-order valence-electron chi connectivity index (χ3n) is 8.72. The van der Waals surface area contributed by atoms with Crippen LogP contribution in [0.15, 0.2) is 72.8 Å². The summed E-state index contributed by atoms with van der Waals surface area (Å²) >= 11 is 0. The molecule has 0 heterocycles. The van der Waals surface area contributed by atoms with Gasteiger partial charge in [0.1, 0.15) is 0 Å². The fourth-order valence-corrected chi connectivity index (χ4v) is 5.91.